The minimum absolute atomic E-state index is 0.0296. The molecule has 0 spiro atoms. The number of methoxy groups -OCH3 is 1. The molecule has 2 aromatic carbocycles. The lowest BCUT2D eigenvalue weighted by molar-refractivity contribution is -0.136. The van der Waals surface area contributed by atoms with Crippen LogP contribution >= 0.6 is 15.9 Å². The summed E-state index contributed by atoms with van der Waals surface area (Å²) in [6.07, 6.45) is 7.75. The van der Waals surface area contributed by atoms with E-state index in [0.29, 0.717) is 36.6 Å². The van der Waals surface area contributed by atoms with Crippen LogP contribution in [-0.2, 0) is 22.4 Å². The minimum Gasteiger partial charge on any atom is -0.507 e. The van der Waals surface area contributed by atoms with Gasteiger partial charge in [-0.1, -0.05) is 38.1 Å². The van der Waals surface area contributed by atoms with Crippen molar-refractivity contribution in [2.45, 2.75) is 77.3 Å². The highest BCUT2D eigenvalue weighted by atomic mass is 79.9. The number of nitrogens with one attached hydrogen (secondary N) is 1. The van der Waals surface area contributed by atoms with Crippen LogP contribution in [0.5, 0.6) is 5.75 Å². The summed E-state index contributed by atoms with van der Waals surface area (Å²) >= 11 is 3.35. The number of likely N-dealkylation sites (tertiary alicyclic amines) is 3. The van der Waals surface area contributed by atoms with Gasteiger partial charge in [-0.15, -0.1) is 0 Å². The highest BCUT2D eigenvalue weighted by Gasteiger charge is 2.32. The molecule has 4 amide bonds. The summed E-state index contributed by atoms with van der Waals surface area (Å²) in [6, 6.07) is 14.2. The lowest BCUT2D eigenvalue weighted by atomic mass is 9.94. The standard InChI is InChI=1S/C21H31BrN2O2.C16H21N3O3/c1-15-4-3-9-24(14-15)18-7-10-23(11-8-18)21(26)16(2)12-17-5-6-20(25)19(22)13-17;1-22-16(21)18-9-7-13(8-10-18)19-11-6-12-4-2-3-5-14(12)17-15(19)20/h5-6,13,15-16,18,25H,3-4,7-12,14H2,1-2H3;2-5,13H,6-11H2,1H3,(H,17,20)/t15-,16-;/m1./s1. The molecule has 10 nitrogen and oxygen atoms in total. The number of hydrogen-bond acceptors (Lipinski definition) is 6. The first kappa shape index (κ1) is 36.0. The first-order valence-electron chi connectivity index (χ1n) is 17.6. The Morgan fingerprint density at radius 3 is 2.33 bits per heavy atom. The number of urea groups is 1. The molecular weight excluding hydrogens is 674 g/mol. The van der Waals surface area contributed by atoms with E-state index in [2.05, 4.69) is 44.0 Å². The van der Waals surface area contributed by atoms with Crippen LogP contribution in [0.2, 0.25) is 0 Å². The van der Waals surface area contributed by atoms with E-state index < -0.39 is 0 Å². The van der Waals surface area contributed by atoms with E-state index >= 15 is 0 Å². The van der Waals surface area contributed by atoms with Crippen molar-refractivity contribution in [1.82, 2.24) is 19.6 Å². The van der Waals surface area contributed by atoms with Crippen molar-refractivity contribution >= 4 is 39.6 Å². The Labute approximate surface area is 293 Å². The number of rotatable bonds is 5. The number of benzene rings is 2. The van der Waals surface area contributed by atoms with E-state index in [1.165, 1.54) is 38.6 Å². The number of para-hydroxylation sites is 1. The highest BCUT2D eigenvalue weighted by molar-refractivity contribution is 9.10. The van der Waals surface area contributed by atoms with Gasteiger partial charge in [-0.25, -0.2) is 9.59 Å². The van der Waals surface area contributed by atoms with Gasteiger partial charge < -0.3 is 29.9 Å². The van der Waals surface area contributed by atoms with Gasteiger partial charge in [0.05, 0.1) is 11.6 Å². The molecule has 4 aliphatic rings. The number of ether oxygens (including phenoxy) is 1. The average molecular weight is 727 g/mol. The number of carbonyl (C=O) groups is 3. The Bertz CT molecular complexity index is 1410. The lowest BCUT2D eigenvalue weighted by Gasteiger charge is -2.42. The summed E-state index contributed by atoms with van der Waals surface area (Å²) in [5.74, 6) is 1.28. The summed E-state index contributed by atoms with van der Waals surface area (Å²) in [4.78, 5) is 45.2. The maximum absolute atomic E-state index is 12.8. The summed E-state index contributed by atoms with van der Waals surface area (Å²) in [5, 5.41) is 12.6. The molecule has 0 bridgehead atoms. The van der Waals surface area contributed by atoms with Gasteiger partial charge in [-0.2, -0.15) is 0 Å². The molecule has 0 unspecified atom stereocenters. The first-order chi connectivity index (χ1) is 23.1. The molecule has 0 aliphatic carbocycles. The zero-order valence-electron chi connectivity index (χ0n) is 28.7. The van der Waals surface area contributed by atoms with Crippen molar-refractivity contribution in [3.8, 4) is 5.75 Å². The monoisotopic (exact) mass is 725 g/mol. The second-order valence-electron chi connectivity index (χ2n) is 13.9. The number of hydrogen-bond donors (Lipinski definition) is 2. The number of anilines is 1. The third-order valence-electron chi connectivity index (χ3n) is 10.4. The van der Waals surface area contributed by atoms with Crippen LogP contribution < -0.4 is 5.32 Å². The van der Waals surface area contributed by atoms with Crippen molar-refractivity contribution in [3.63, 3.8) is 0 Å². The SMILES string of the molecule is COC(=O)N1CCC(N2CCc3ccccc3NC2=O)CC1.C[C@@H]1CCCN(C2CCN(C(=O)[C@H](C)Cc3ccc(O)c(Br)c3)CC2)C1. The van der Waals surface area contributed by atoms with Crippen molar-refractivity contribution in [3.05, 3.63) is 58.1 Å². The number of aromatic hydroxyl groups is 1. The predicted octanol–water partition coefficient (Wildman–Crippen LogP) is 6.36. The van der Waals surface area contributed by atoms with Gasteiger partial charge in [0.15, 0.2) is 0 Å². The fourth-order valence-corrected chi connectivity index (χ4v) is 8.09. The number of halogens is 1. The van der Waals surface area contributed by atoms with Gasteiger partial charge in [0.2, 0.25) is 5.91 Å². The first-order valence-corrected chi connectivity index (χ1v) is 18.4. The molecule has 3 saturated heterocycles. The molecule has 4 aliphatic heterocycles. The lowest BCUT2D eigenvalue weighted by Crippen LogP contribution is -2.50. The van der Waals surface area contributed by atoms with Crippen LogP contribution in [0.15, 0.2) is 46.9 Å². The number of nitrogens with zero attached hydrogens (tertiary/aromatic N) is 4. The normalized spacial score (nSPS) is 21.7. The van der Waals surface area contributed by atoms with Gasteiger partial charge in [-0.05, 0) is 109 Å². The molecular formula is C37H52BrN5O5. The molecule has 4 heterocycles. The van der Waals surface area contributed by atoms with E-state index in [4.69, 9.17) is 4.74 Å². The van der Waals surface area contributed by atoms with Gasteiger partial charge in [0.1, 0.15) is 5.75 Å². The van der Waals surface area contributed by atoms with E-state index in [1.54, 1.807) is 11.0 Å². The van der Waals surface area contributed by atoms with Crippen molar-refractivity contribution < 1.29 is 24.2 Å². The minimum atomic E-state index is -0.286. The second kappa shape index (κ2) is 16.9. The molecule has 2 atom stereocenters. The van der Waals surface area contributed by atoms with Crippen LogP contribution in [0.4, 0.5) is 15.3 Å². The third-order valence-corrected chi connectivity index (χ3v) is 11.1. The average Bonchev–Trinajstić information content (AvgIpc) is 3.27. The van der Waals surface area contributed by atoms with Gasteiger partial charge in [0.25, 0.3) is 0 Å². The van der Waals surface area contributed by atoms with Gasteiger partial charge in [-0.3, -0.25) is 9.69 Å². The Morgan fingerprint density at radius 2 is 1.65 bits per heavy atom. The summed E-state index contributed by atoms with van der Waals surface area (Å²) < 4.78 is 5.43. The highest BCUT2D eigenvalue weighted by Crippen LogP contribution is 2.28. The molecule has 11 heteroatoms. The summed E-state index contributed by atoms with van der Waals surface area (Å²) in [7, 11) is 1.40. The van der Waals surface area contributed by atoms with Gasteiger partial charge >= 0.3 is 12.1 Å². The topological polar surface area (TPSA) is 106 Å². The predicted molar refractivity (Wildman–Crippen MR) is 191 cm³/mol. The molecule has 262 valence electrons. The molecule has 3 fully saturated rings. The smallest absolute Gasteiger partial charge is 0.409 e. The number of amides is 4. The van der Waals surface area contributed by atoms with E-state index in [-0.39, 0.29) is 35.7 Å². The molecule has 0 radical (unpaired) electrons. The van der Waals surface area contributed by atoms with Crippen LogP contribution in [0.3, 0.4) is 0 Å². The van der Waals surface area contributed by atoms with Crippen LogP contribution in [0.1, 0.15) is 63.5 Å². The Morgan fingerprint density at radius 1 is 0.958 bits per heavy atom. The molecule has 2 N–H and O–H groups in total. The Balaban J connectivity index is 0.000000190. The van der Waals surface area contributed by atoms with Crippen LogP contribution in [0, 0.1) is 11.8 Å². The van der Waals surface area contributed by atoms with Crippen LogP contribution in [-0.4, -0.2) is 108 Å². The zero-order chi connectivity index (χ0) is 34.2. The van der Waals surface area contributed by atoms with Gasteiger partial charge in [0, 0.05) is 63.0 Å². The maximum atomic E-state index is 12.8. The number of fused-ring (bicyclic) bond motifs is 1. The van der Waals surface area contributed by atoms with Crippen molar-refractivity contribution in [2.24, 2.45) is 11.8 Å². The number of phenols is 1. The number of piperidine rings is 3. The van der Waals surface area contributed by atoms with Crippen molar-refractivity contribution in [2.75, 3.05) is 58.2 Å². The Kier molecular flexibility index (Phi) is 12.7. The third kappa shape index (κ3) is 9.22. The van der Waals surface area contributed by atoms with E-state index in [1.807, 2.05) is 42.2 Å². The van der Waals surface area contributed by atoms with E-state index in [0.717, 1.165) is 62.4 Å². The molecule has 2 aromatic rings. The molecule has 48 heavy (non-hydrogen) atoms. The molecule has 0 aromatic heterocycles. The number of phenolic OH excluding ortho intramolecular Hbond substituents is 1. The zero-order valence-corrected chi connectivity index (χ0v) is 30.3. The Hall–Kier alpha value is -3.31. The fraction of sp³-hybridized carbons (Fsp3) is 0.595. The largest absolute Gasteiger partial charge is 0.507 e. The quantitative estimate of drug-likeness (QED) is 0.372. The molecule has 0 saturated carbocycles. The summed E-state index contributed by atoms with van der Waals surface area (Å²) in [5.41, 5.74) is 3.15. The van der Waals surface area contributed by atoms with E-state index in [9.17, 15) is 19.5 Å². The molecule has 6 rings (SSSR count). The maximum Gasteiger partial charge on any atom is 0.409 e. The number of carbonyl (C=O) groups excluding carboxylic acids is 3. The second-order valence-corrected chi connectivity index (χ2v) is 14.8. The van der Waals surface area contributed by atoms with Crippen LogP contribution in [0.25, 0.3) is 0 Å². The summed E-state index contributed by atoms with van der Waals surface area (Å²) in [6.45, 7) is 10.6. The van der Waals surface area contributed by atoms with Crippen molar-refractivity contribution in [1.29, 1.82) is 0 Å². The fourth-order valence-electron chi connectivity index (χ4n) is 7.67.